The number of sulfonamides is 1. The predicted octanol–water partition coefficient (Wildman–Crippen LogP) is 0.679. The molecule has 2 rings (SSSR count). The molecule has 2 N–H and O–H groups in total. The number of thiophene rings is 1. The maximum absolute atomic E-state index is 12.1. The van der Waals surface area contributed by atoms with Crippen molar-refractivity contribution in [3.8, 4) is 0 Å². The zero-order valence-corrected chi connectivity index (χ0v) is 12.4. The van der Waals surface area contributed by atoms with Crippen molar-refractivity contribution >= 4 is 21.4 Å². The smallest absolute Gasteiger partial charge is 0.241 e. The predicted molar refractivity (Wildman–Crippen MR) is 74.3 cm³/mol. The molecule has 0 amide bonds. The summed E-state index contributed by atoms with van der Waals surface area (Å²) in [5, 5.41) is 8.76. The van der Waals surface area contributed by atoms with Crippen LogP contribution in [0.1, 0.15) is 10.6 Å². The number of aryl methyl sites for hydroxylation is 1. The van der Waals surface area contributed by atoms with E-state index in [-0.39, 0.29) is 6.54 Å². The first-order chi connectivity index (χ1) is 9.01. The molecular formula is C11H16N4O2S2. The normalized spacial score (nSPS) is 11.9. The second kappa shape index (κ2) is 5.83. The third-order valence-electron chi connectivity index (χ3n) is 2.50. The number of aromatic nitrogens is 2. The Morgan fingerprint density at radius 2 is 2.21 bits per heavy atom. The standard InChI is InChI=1S/C11H16N4O2S2/c1-12-7-10-5-11(8-18-10)19(16,17)13-6-9-3-4-15(2)14-9/h3-5,8,12-13H,6-7H2,1-2H3. The molecule has 0 aliphatic rings. The summed E-state index contributed by atoms with van der Waals surface area (Å²) < 4.78 is 28.3. The molecule has 2 aromatic rings. The Morgan fingerprint density at radius 3 is 2.84 bits per heavy atom. The molecule has 19 heavy (non-hydrogen) atoms. The molecule has 6 nitrogen and oxygen atoms in total. The zero-order valence-electron chi connectivity index (χ0n) is 10.8. The molecule has 0 radical (unpaired) electrons. The van der Waals surface area contributed by atoms with Crippen molar-refractivity contribution in [1.82, 2.24) is 19.8 Å². The van der Waals surface area contributed by atoms with Gasteiger partial charge in [-0.25, -0.2) is 13.1 Å². The minimum atomic E-state index is -3.46. The summed E-state index contributed by atoms with van der Waals surface area (Å²) in [4.78, 5) is 1.29. The lowest BCUT2D eigenvalue weighted by Gasteiger charge is -2.02. The second-order valence-electron chi connectivity index (χ2n) is 4.08. The van der Waals surface area contributed by atoms with Crippen molar-refractivity contribution in [1.29, 1.82) is 0 Å². The Balaban J connectivity index is 2.04. The van der Waals surface area contributed by atoms with E-state index in [2.05, 4.69) is 15.1 Å². The van der Waals surface area contributed by atoms with E-state index in [0.717, 1.165) is 4.88 Å². The Bertz CT molecular complexity index is 645. The molecule has 0 aliphatic carbocycles. The first-order valence-corrected chi connectivity index (χ1v) is 8.08. The molecule has 0 aliphatic heterocycles. The van der Waals surface area contributed by atoms with Gasteiger partial charge >= 0.3 is 0 Å². The molecule has 0 fully saturated rings. The summed E-state index contributed by atoms with van der Waals surface area (Å²) in [6, 6.07) is 3.46. The lowest BCUT2D eigenvalue weighted by Crippen LogP contribution is -2.23. The van der Waals surface area contributed by atoms with Gasteiger partial charge in [-0.3, -0.25) is 4.68 Å². The molecule has 2 heterocycles. The molecule has 0 unspecified atom stereocenters. The van der Waals surface area contributed by atoms with Gasteiger partial charge in [0.2, 0.25) is 10.0 Å². The first kappa shape index (κ1) is 14.2. The average Bonchev–Trinajstić information content (AvgIpc) is 2.97. The van der Waals surface area contributed by atoms with Crippen LogP contribution in [0.3, 0.4) is 0 Å². The topological polar surface area (TPSA) is 76.0 Å². The third-order valence-corrected chi connectivity index (χ3v) is 4.97. The molecule has 0 bridgehead atoms. The number of hydrogen-bond donors (Lipinski definition) is 2. The van der Waals surface area contributed by atoms with E-state index < -0.39 is 10.0 Å². The van der Waals surface area contributed by atoms with Gasteiger partial charge in [-0.05, 0) is 19.2 Å². The van der Waals surface area contributed by atoms with Gasteiger partial charge in [0.1, 0.15) is 0 Å². The van der Waals surface area contributed by atoms with Crippen LogP contribution in [0.15, 0.2) is 28.6 Å². The molecule has 0 aromatic carbocycles. The second-order valence-corrected chi connectivity index (χ2v) is 6.85. The van der Waals surface area contributed by atoms with Crippen molar-refractivity contribution in [3.63, 3.8) is 0 Å². The largest absolute Gasteiger partial charge is 0.315 e. The van der Waals surface area contributed by atoms with Crippen LogP contribution in [-0.2, 0) is 30.2 Å². The van der Waals surface area contributed by atoms with Crippen molar-refractivity contribution < 1.29 is 8.42 Å². The zero-order chi connectivity index (χ0) is 13.9. The molecule has 0 spiro atoms. The minimum absolute atomic E-state index is 0.195. The van der Waals surface area contributed by atoms with Crippen LogP contribution < -0.4 is 10.0 Å². The van der Waals surface area contributed by atoms with Crippen molar-refractivity contribution in [2.45, 2.75) is 18.0 Å². The summed E-state index contributed by atoms with van der Waals surface area (Å²) in [6.45, 7) is 0.862. The summed E-state index contributed by atoms with van der Waals surface area (Å²) in [7, 11) is 0.156. The Labute approximate surface area is 116 Å². The van der Waals surface area contributed by atoms with Gasteiger partial charge in [0.25, 0.3) is 0 Å². The average molecular weight is 300 g/mol. The van der Waals surface area contributed by atoms with E-state index in [9.17, 15) is 8.42 Å². The highest BCUT2D eigenvalue weighted by Gasteiger charge is 2.16. The Morgan fingerprint density at radius 1 is 1.42 bits per heavy atom. The number of hydrogen-bond acceptors (Lipinski definition) is 5. The van der Waals surface area contributed by atoms with Crippen LogP contribution in [0.25, 0.3) is 0 Å². The van der Waals surface area contributed by atoms with Crippen LogP contribution in [0.4, 0.5) is 0 Å². The van der Waals surface area contributed by atoms with Gasteiger partial charge < -0.3 is 5.32 Å². The highest BCUT2D eigenvalue weighted by atomic mass is 32.2. The minimum Gasteiger partial charge on any atom is -0.315 e. The number of nitrogens with zero attached hydrogens (tertiary/aromatic N) is 2. The maximum Gasteiger partial charge on any atom is 0.241 e. The van der Waals surface area contributed by atoms with Crippen molar-refractivity contribution in [2.75, 3.05) is 7.05 Å². The Kier molecular flexibility index (Phi) is 4.35. The summed E-state index contributed by atoms with van der Waals surface area (Å²) >= 11 is 1.43. The van der Waals surface area contributed by atoms with Crippen molar-refractivity contribution in [2.24, 2.45) is 7.05 Å². The molecular weight excluding hydrogens is 284 g/mol. The summed E-state index contributed by atoms with van der Waals surface area (Å²) in [6.07, 6.45) is 1.78. The summed E-state index contributed by atoms with van der Waals surface area (Å²) in [5.41, 5.74) is 0.691. The van der Waals surface area contributed by atoms with Crippen molar-refractivity contribution in [3.05, 3.63) is 34.3 Å². The first-order valence-electron chi connectivity index (χ1n) is 5.71. The van der Waals surface area contributed by atoms with Crippen LogP contribution in [0, 0.1) is 0 Å². The van der Waals surface area contributed by atoms with Gasteiger partial charge in [0.05, 0.1) is 17.1 Å². The molecule has 104 valence electrons. The fourth-order valence-corrected chi connectivity index (χ4v) is 3.86. The maximum atomic E-state index is 12.1. The van der Waals surface area contributed by atoms with E-state index in [4.69, 9.17) is 0 Å². The molecule has 2 aromatic heterocycles. The quantitative estimate of drug-likeness (QED) is 0.822. The summed E-state index contributed by atoms with van der Waals surface area (Å²) in [5.74, 6) is 0. The highest BCUT2D eigenvalue weighted by molar-refractivity contribution is 7.89. The van der Waals surface area contributed by atoms with E-state index >= 15 is 0 Å². The van der Waals surface area contributed by atoms with Crippen LogP contribution >= 0.6 is 11.3 Å². The lowest BCUT2D eigenvalue weighted by atomic mass is 10.4. The van der Waals surface area contributed by atoms with Gasteiger partial charge in [0.15, 0.2) is 0 Å². The van der Waals surface area contributed by atoms with Crippen LogP contribution in [0.2, 0.25) is 0 Å². The van der Waals surface area contributed by atoms with Gasteiger partial charge in [-0.15, -0.1) is 11.3 Å². The van der Waals surface area contributed by atoms with E-state index in [0.29, 0.717) is 17.1 Å². The SMILES string of the molecule is CNCc1cc(S(=O)(=O)NCc2ccn(C)n2)cs1. The van der Waals surface area contributed by atoms with Gasteiger partial charge in [-0.2, -0.15) is 5.10 Å². The van der Waals surface area contributed by atoms with E-state index in [1.165, 1.54) is 11.3 Å². The monoisotopic (exact) mass is 300 g/mol. The van der Waals surface area contributed by atoms with Crippen LogP contribution in [0.5, 0.6) is 0 Å². The molecule has 0 atom stereocenters. The van der Waals surface area contributed by atoms with E-state index in [1.807, 2.05) is 7.05 Å². The fourth-order valence-electron chi connectivity index (χ4n) is 1.58. The molecule has 0 saturated heterocycles. The lowest BCUT2D eigenvalue weighted by molar-refractivity contribution is 0.580. The molecule has 8 heteroatoms. The van der Waals surface area contributed by atoms with E-state index in [1.54, 1.807) is 35.4 Å². The highest BCUT2D eigenvalue weighted by Crippen LogP contribution is 2.19. The van der Waals surface area contributed by atoms with Crippen LogP contribution in [-0.4, -0.2) is 25.2 Å². The number of rotatable bonds is 6. The Hall–Kier alpha value is -1.22. The van der Waals surface area contributed by atoms with Gasteiger partial charge in [0, 0.05) is 30.0 Å². The molecule has 0 saturated carbocycles. The third kappa shape index (κ3) is 3.63. The number of nitrogens with one attached hydrogen (secondary N) is 2. The fraction of sp³-hybridized carbons (Fsp3) is 0.364. The van der Waals surface area contributed by atoms with Gasteiger partial charge in [-0.1, -0.05) is 0 Å².